The van der Waals surface area contributed by atoms with Crippen molar-refractivity contribution in [2.24, 2.45) is 11.7 Å². The van der Waals surface area contributed by atoms with Crippen molar-refractivity contribution in [2.45, 2.75) is 46.2 Å². The predicted molar refractivity (Wildman–Crippen MR) is 77.8 cm³/mol. The fourth-order valence-corrected chi connectivity index (χ4v) is 3.09. The molecule has 0 bridgehead atoms. The number of carbonyl (C=O) groups is 1. The second-order valence-electron chi connectivity index (χ2n) is 6.06. The number of benzene rings is 1. The number of aryl methyl sites for hydroxylation is 2. The molecule has 0 aliphatic carbocycles. The third-order valence-electron chi connectivity index (χ3n) is 3.87. The largest absolute Gasteiger partial charge is 0.334 e. The van der Waals surface area contributed by atoms with Crippen LogP contribution in [0, 0.1) is 19.8 Å². The first-order valence-electron chi connectivity index (χ1n) is 7.03. The Hall–Kier alpha value is -1.35. The number of carbonyl (C=O) groups excluding carboxylic acids is 1. The first-order chi connectivity index (χ1) is 8.91. The summed E-state index contributed by atoms with van der Waals surface area (Å²) >= 11 is 0. The highest BCUT2D eigenvalue weighted by Crippen LogP contribution is 2.36. The number of rotatable bonds is 3. The summed E-state index contributed by atoms with van der Waals surface area (Å²) < 4.78 is 0. The van der Waals surface area contributed by atoms with E-state index in [2.05, 4.69) is 45.9 Å². The summed E-state index contributed by atoms with van der Waals surface area (Å²) in [5.41, 5.74) is 9.93. The van der Waals surface area contributed by atoms with Crippen molar-refractivity contribution in [3.63, 3.8) is 0 Å². The quantitative estimate of drug-likeness (QED) is 0.908. The van der Waals surface area contributed by atoms with Crippen LogP contribution in [0.4, 0.5) is 0 Å². The second kappa shape index (κ2) is 5.33. The Labute approximate surface area is 115 Å². The van der Waals surface area contributed by atoms with E-state index in [4.69, 9.17) is 5.73 Å². The van der Waals surface area contributed by atoms with E-state index in [0.717, 1.165) is 6.54 Å². The minimum absolute atomic E-state index is 0.0381. The van der Waals surface area contributed by atoms with Crippen LogP contribution in [0.25, 0.3) is 0 Å². The molecule has 2 atom stereocenters. The molecule has 1 fully saturated rings. The van der Waals surface area contributed by atoms with Crippen LogP contribution in [0.2, 0.25) is 0 Å². The Morgan fingerprint density at radius 3 is 2.42 bits per heavy atom. The van der Waals surface area contributed by atoms with Crippen molar-refractivity contribution in [1.29, 1.82) is 0 Å². The molecule has 3 nitrogen and oxygen atoms in total. The number of hydrogen-bond donors (Lipinski definition) is 1. The molecular formula is C16H24N2O. The number of hydrogen-bond acceptors (Lipinski definition) is 2. The van der Waals surface area contributed by atoms with E-state index in [1.54, 1.807) is 0 Å². The summed E-state index contributed by atoms with van der Waals surface area (Å²) in [5.74, 6) is 0.648. The van der Waals surface area contributed by atoms with Gasteiger partial charge in [-0.05, 0) is 36.5 Å². The van der Waals surface area contributed by atoms with Crippen molar-refractivity contribution in [3.05, 3.63) is 34.9 Å². The molecule has 1 heterocycles. The number of amides is 1. The average Bonchev–Trinajstić information content (AvgIpc) is 2.55. The SMILES string of the molecule is Cc1cccc(C)c1C1C(N)CC(=O)N1CC(C)C. The van der Waals surface area contributed by atoms with Crippen LogP contribution in [-0.4, -0.2) is 23.4 Å². The summed E-state index contributed by atoms with van der Waals surface area (Å²) in [6, 6.07) is 6.21. The van der Waals surface area contributed by atoms with E-state index < -0.39 is 0 Å². The molecule has 104 valence electrons. The van der Waals surface area contributed by atoms with Gasteiger partial charge >= 0.3 is 0 Å². The predicted octanol–water partition coefficient (Wildman–Crippen LogP) is 2.56. The minimum atomic E-state index is -0.0916. The van der Waals surface area contributed by atoms with E-state index in [9.17, 15) is 4.79 Å². The molecular weight excluding hydrogens is 236 g/mol. The minimum Gasteiger partial charge on any atom is -0.334 e. The molecule has 19 heavy (non-hydrogen) atoms. The summed E-state index contributed by atoms with van der Waals surface area (Å²) in [6.45, 7) is 9.26. The van der Waals surface area contributed by atoms with Gasteiger partial charge in [0.05, 0.1) is 6.04 Å². The first kappa shape index (κ1) is 14.1. The summed E-state index contributed by atoms with van der Waals surface area (Å²) in [7, 11) is 0. The van der Waals surface area contributed by atoms with Crippen LogP contribution in [-0.2, 0) is 4.79 Å². The van der Waals surface area contributed by atoms with Gasteiger partial charge < -0.3 is 10.6 Å². The highest BCUT2D eigenvalue weighted by Gasteiger charge is 2.39. The van der Waals surface area contributed by atoms with Crippen LogP contribution in [0.1, 0.15) is 43.0 Å². The lowest BCUT2D eigenvalue weighted by Crippen LogP contribution is -2.36. The van der Waals surface area contributed by atoms with E-state index >= 15 is 0 Å². The Morgan fingerprint density at radius 1 is 1.32 bits per heavy atom. The maximum Gasteiger partial charge on any atom is 0.224 e. The highest BCUT2D eigenvalue weighted by molar-refractivity contribution is 5.80. The van der Waals surface area contributed by atoms with Gasteiger partial charge in [-0.2, -0.15) is 0 Å². The lowest BCUT2D eigenvalue weighted by atomic mass is 9.92. The average molecular weight is 260 g/mol. The van der Waals surface area contributed by atoms with Gasteiger partial charge in [-0.15, -0.1) is 0 Å². The standard InChI is InChI=1S/C16H24N2O/c1-10(2)9-18-14(19)8-13(17)16(18)15-11(3)6-5-7-12(15)4/h5-7,10,13,16H,8-9,17H2,1-4H3. The molecule has 3 heteroatoms. The van der Waals surface area contributed by atoms with Crippen LogP contribution < -0.4 is 5.73 Å². The zero-order valence-electron chi connectivity index (χ0n) is 12.3. The Morgan fingerprint density at radius 2 is 1.89 bits per heavy atom. The zero-order valence-corrected chi connectivity index (χ0v) is 12.3. The van der Waals surface area contributed by atoms with Gasteiger partial charge in [-0.25, -0.2) is 0 Å². The topological polar surface area (TPSA) is 46.3 Å². The molecule has 1 aromatic carbocycles. The van der Waals surface area contributed by atoms with E-state index in [1.807, 2.05) is 4.90 Å². The number of likely N-dealkylation sites (tertiary alicyclic amines) is 1. The molecule has 0 aromatic heterocycles. The summed E-state index contributed by atoms with van der Waals surface area (Å²) in [4.78, 5) is 14.1. The van der Waals surface area contributed by atoms with Crippen molar-refractivity contribution >= 4 is 5.91 Å². The summed E-state index contributed by atoms with van der Waals surface area (Å²) in [6.07, 6.45) is 0.463. The van der Waals surface area contributed by atoms with Gasteiger partial charge in [0.25, 0.3) is 0 Å². The monoisotopic (exact) mass is 260 g/mol. The van der Waals surface area contributed by atoms with Gasteiger partial charge in [0.2, 0.25) is 5.91 Å². The van der Waals surface area contributed by atoms with Gasteiger partial charge in [-0.3, -0.25) is 4.79 Å². The van der Waals surface area contributed by atoms with Crippen molar-refractivity contribution in [1.82, 2.24) is 4.90 Å². The van der Waals surface area contributed by atoms with Crippen LogP contribution in [0.3, 0.4) is 0 Å². The molecule has 2 unspecified atom stereocenters. The number of nitrogens with two attached hydrogens (primary N) is 1. The normalized spacial score (nSPS) is 23.5. The van der Waals surface area contributed by atoms with Crippen LogP contribution in [0.15, 0.2) is 18.2 Å². The molecule has 1 aliphatic rings. The van der Waals surface area contributed by atoms with Crippen LogP contribution in [0.5, 0.6) is 0 Å². The highest BCUT2D eigenvalue weighted by atomic mass is 16.2. The fourth-order valence-electron chi connectivity index (χ4n) is 3.09. The maximum absolute atomic E-state index is 12.2. The molecule has 0 spiro atoms. The van der Waals surface area contributed by atoms with Gasteiger partial charge in [-0.1, -0.05) is 32.0 Å². The molecule has 1 saturated heterocycles. The van der Waals surface area contributed by atoms with Gasteiger partial charge in [0.1, 0.15) is 0 Å². The van der Waals surface area contributed by atoms with Crippen LogP contribution >= 0.6 is 0 Å². The molecule has 1 aliphatic heterocycles. The van der Waals surface area contributed by atoms with E-state index in [1.165, 1.54) is 16.7 Å². The number of nitrogens with zero attached hydrogens (tertiary/aromatic N) is 1. The third-order valence-corrected chi connectivity index (χ3v) is 3.87. The fraction of sp³-hybridized carbons (Fsp3) is 0.562. The molecule has 2 N–H and O–H groups in total. The van der Waals surface area contributed by atoms with Crippen molar-refractivity contribution in [2.75, 3.05) is 6.54 Å². The van der Waals surface area contributed by atoms with E-state index in [0.29, 0.717) is 12.3 Å². The Balaban J connectivity index is 2.42. The molecule has 0 saturated carbocycles. The lowest BCUT2D eigenvalue weighted by molar-refractivity contribution is -0.129. The Kier molecular flexibility index (Phi) is 3.95. The molecule has 1 aromatic rings. The maximum atomic E-state index is 12.2. The Bertz CT molecular complexity index is 461. The molecule has 0 radical (unpaired) electrons. The molecule has 1 amide bonds. The van der Waals surface area contributed by atoms with Crippen molar-refractivity contribution in [3.8, 4) is 0 Å². The lowest BCUT2D eigenvalue weighted by Gasteiger charge is -2.31. The molecule has 2 rings (SSSR count). The summed E-state index contributed by atoms with van der Waals surface area (Å²) in [5, 5.41) is 0. The van der Waals surface area contributed by atoms with Crippen molar-refractivity contribution < 1.29 is 4.79 Å². The zero-order chi connectivity index (χ0) is 14.2. The van der Waals surface area contributed by atoms with E-state index in [-0.39, 0.29) is 18.0 Å². The van der Waals surface area contributed by atoms with Gasteiger partial charge in [0.15, 0.2) is 0 Å². The third kappa shape index (κ3) is 2.66. The van der Waals surface area contributed by atoms with Gasteiger partial charge in [0, 0.05) is 19.0 Å². The smallest absolute Gasteiger partial charge is 0.224 e. The second-order valence-corrected chi connectivity index (χ2v) is 6.06. The first-order valence-corrected chi connectivity index (χ1v) is 7.03.